The summed E-state index contributed by atoms with van der Waals surface area (Å²) < 4.78 is 3.17. The summed E-state index contributed by atoms with van der Waals surface area (Å²) in [5, 5.41) is 4.40. The average molecular weight is 286 g/mol. The van der Waals surface area contributed by atoms with E-state index in [4.69, 9.17) is 0 Å². The maximum atomic E-state index is 4.40. The Labute approximate surface area is 106 Å². The smallest absolute Gasteiger partial charge is 0.0647 e. The van der Waals surface area contributed by atoms with Gasteiger partial charge in [-0.15, -0.1) is 0 Å². The third-order valence-electron chi connectivity index (χ3n) is 3.29. The van der Waals surface area contributed by atoms with Gasteiger partial charge in [0.05, 0.1) is 16.7 Å². The van der Waals surface area contributed by atoms with Gasteiger partial charge < -0.3 is 0 Å². The van der Waals surface area contributed by atoms with Crippen LogP contribution in [-0.4, -0.2) is 33.3 Å². The summed E-state index contributed by atoms with van der Waals surface area (Å²) in [5.41, 5.74) is 0.267. The van der Waals surface area contributed by atoms with Crippen molar-refractivity contribution >= 4 is 15.9 Å². The predicted octanol–water partition coefficient (Wildman–Crippen LogP) is 3.08. The van der Waals surface area contributed by atoms with Crippen molar-refractivity contribution in [3.63, 3.8) is 0 Å². The molecule has 1 fully saturated rings. The minimum atomic E-state index is 0.267. The number of nitrogens with zero attached hydrogens (tertiary/aromatic N) is 3. The van der Waals surface area contributed by atoms with Crippen molar-refractivity contribution in [3.05, 3.63) is 16.9 Å². The zero-order chi connectivity index (χ0) is 11.8. The second-order valence-corrected chi connectivity index (χ2v) is 6.47. The van der Waals surface area contributed by atoms with Crippen LogP contribution in [0.2, 0.25) is 0 Å². The Hall–Kier alpha value is -0.350. The van der Waals surface area contributed by atoms with Crippen LogP contribution in [0.4, 0.5) is 0 Å². The molecule has 0 spiro atoms. The van der Waals surface area contributed by atoms with Crippen molar-refractivity contribution in [2.45, 2.75) is 45.2 Å². The average Bonchev–Trinajstić information content (AvgIpc) is 2.64. The Bertz CT molecular complexity index is 353. The molecular formula is C12H20BrN3. The predicted molar refractivity (Wildman–Crippen MR) is 69.5 cm³/mol. The highest BCUT2D eigenvalue weighted by Crippen LogP contribution is 2.27. The van der Waals surface area contributed by atoms with E-state index < -0.39 is 0 Å². The van der Waals surface area contributed by atoms with Crippen LogP contribution in [0.15, 0.2) is 16.9 Å². The lowest BCUT2D eigenvalue weighted by Crippen LogP contribution is -2.47. The molecule has 0 radical (unpaired) electrons. The highest BCUT2D eigenvalue weighted by Gasteiger charge is 2.28. The summed E-state index contributed by atoms with van der Waals surface area (Å²) in [4.78, 5) is 2.55. The molecule has 1 atom stereocenters. The van der Waals surface area contributed by atoms with Crippen LogP contribution in [0.5, 0.6) is 0 Å². The molecule has 1 aromatic rings. The van der Waals surface area contributed by atoms with Gasteiger partial charge in [0.2, 0.25) is 0 Å². The maximum absolute atomic E-state index is 4.40. The monoisotopic (exact) mass is 285 g/mol. The fourth-order valence-corrected chi connectivity index (χ4v) is 2.60. The molecule has 1 aliphatic heterocycles. The Morgan fingerprint density at radius 3 is 2.75 bits per heavy atom. The second-order valence-electron chi connectivity index (χ2n) is 5.55. The Balaban J connectivity index is 2.07. The summed E-state index contributed by atoms with van der Waals surface area (Å²) in [7, 11) is 0. The molecule has 0 aliphatic carbocycles. The lowest BCUT2D eigenvalue weighted by atomic mass is 9.98. The third kappa shape index (κ3) is 2.66. The molecule has 1 unspecified atom stereocenters. The van der Waals surface area contributed by atoms with Crippen molar-refractivity contribution in [2.24, 2.45) is 0 Å². The first-order chi connectivity index (χ1) is 7.47. The van der Waals surface area contributed by atoms with Crippen LogP contribution < -0.4 is 0 Å². The zero-order valence-electron chi connectivity index (χ0n) is 10.3. The highest BCUT2D eigenvalue weighted by atomic mass is 79.9. The number of piperidine rings is 1. The van der Waals surface area contributed by atoms with Crippen LogP contribution in [-0.2, 0) is 0 Å². The van der Waals surface area contributed by atoms with Crippen molar-refractivity contribution in [1.82, 2.24) is 14.7 Å². The summed E-state index contributed by atoms with van der Waals surface area (Å²) in [6, 6.07) is 0.527. The SMILES string of the molecule is CC(C)(C)N1CCCC(n2cc(Br)cn2)C1. The topological polar surface area (TPSA) is 21.1 Å². The van der Waals surface area contributed by atoms with Crippen molar-refractivity contribution in [3.8, 4) is 0 Å². The molecule has 1 aliphatic rings. The Morgan fingerprint density at radius 1 is 1.44 bits per heavy atom. The van der Waals surface area contributed by atoms with E-state index in [2.05, 4.69) is 57.6 Å². The zero-order valence-corrected chi connectivity index (χ0v) is 11.9. The molecule has 3 nitrogen and oxygen atoms in total. The number of hydrogen-bond acceptors (Lipinski definition) is 2. The molecule has 0 N–H and O–H groups in total. The van der Waals surface area contributed by atoms with Crippen molar-refractivity contribution in [2.75, 3.05) is 13.1 Å². The fourth-order valence-electron chi connectivity index (χ4n) is 2.29. The highest BCUT2D eigenvalue weighted by molar-refractivity contribution is 9.10. The van der Waals surface area contributed by atoms with Gasteiger partial charge in [0, 0.05) is 18.3 Å². The second kappa shape index (κ2) is 4.49. The van der Waals surface area contributed by atoms with Gasteiger partial charge in [-0.05, 0) is 56.1 Å². The van der Waals surface area contributed by atoms with Crippen molar-refractivity contribution < 1.29 is 0 Å². The minimum Gasteiger partial charge on any atom is -0.296 e. The number of rotatable bonds is 1. The number of hydrogen-bond donors (Lipinski definition) is 0. The van der Waals surface area contributed by atoms with E-state index in [0.717, 1.165) is 11.0 Å². The van der Waals surface area contributed by atoms with E-state index in [9.17, 15) is 0 Å². The van der Waals surface area contributed by atoms with Crippen LogP contribution in [0.25, 0.3) is 0 Å². The molecule has 16 heavy (non-hydrogen) atoms. The van der Waals surface area contributed by atoms with Gasteiger partial charge in [0.15, 0.2) is 0 Å². The van der Waals surface area contributed by atoms with E-state index in [1.165, 1.54) is 19.4 Å². The van der Waals surface area contributed by atoms with E-state index in [-0.39, 0.29) is 5.54 Å². The largest absolute Gasteiger partial charge is 0.296 e. The maximum Gasteiger partial charge on any atom is 0.0647 e. The minimum absolute atomic E-state index is 0.267. The first-order valence-electron chi connectivity index (χ1n) is 5.91. The fraction of sp³-hybridized carbons (Fsp3) is 0.750. The normalized spacial score (nSPS) is 23.6. The van der Waals surface area contributed by atoms with Gasteiger partial charge >= 0.3 is 0 Å². The molecule has 0 amide bonds. The molecule has 2 rings (SSSR count). The van der Waals surface area contributed by atoms with Gasteiger partial charge in [-0.1, -0.05) is 0 Å². The number of halogens is 1. The van der Waals surface area contributed by atoms with Gasteiger partial charge in [-0.25, -0.2) is 0 Å². The molecule has 0 saturated carbocycles. The van der Waals surface area contributed by atoms with Crippen LogP contribution >= 0.6 is 15.9 Å². The molecule has 2 heterocycles. The van der Waals surface area contributed by atoms with Gasteiger partial charge in [0.1, 0.15) is 0 Å². The van der Waals surface area contributed by atoms with Crippen LogP contribution in [0.3, 0.4) is 0 Å². The van der Waals surface area contributed by atoms with Gasteiger partial charge in [-0.3, -0.25) is 9.58 Å². The lowest BCUT2D eigenvalue weighted by molar-refractivity contribution is 0.0785. The lowest BCUT2D eigenvalue weighted by Gasteiger charge is -2.41. The summed E-state index contributed by atoms with van der Waals surface area (Å²) in [6.45, 7) is 9.18. The van der Waals surface area contributed by atoms with E-state index >= 15 is 0 Å². The molecule has 1 saturated heterocycles. The van der Waals surface area contributed by atoms with Crippen LogP contribution in [0, 0.1) is 0 Å². The molecule has 0 aromatic carbocycles. The van der Waals surface area contributed by atoms with E-state index in [0.29, 0.717) is 6.04 Å². The molecule has 0 bridgehead atoms. The van der Waals surface area contributed by atoms with Crippen LogP contribution in [0.1, 0.15) is 39.7 Å². The Morgan fingerprint density at radius 2 is 2.19 bits per heavy atom. The quantitative estimate of drug-likeness (QED) is 0.791. The molecule has 1 aromatic heterocycles. The van der Waals surface area contributed by atoms with E-state index in [1.807, 2.05) is 6.20 Å². The molecular weight excluding hydrogens is 266 g/mol. The number of likely N-dealkylation sites (tertiary alicyclic amines) is 1. The third-order valence-corrected chi connectivity index (χ3v) is 3.70. The Kier molecular flexibility index (Phi) is 3.40. The molecule has 90 valence electrons. The standard InChI is InChI=1S/C12H20BrN3/c1-12(2,3)15-6-4-5-11(9-15)16-8-10(13)7-14-16/h7-8,11H,4-6,9H2,1-3H3. The van der Waals surface area contributed by atoms with Crippen molar-refractivity contribution in [1.29, 1.82) is 0 Å². The first-order valence-corrected chi connectivity index (χ1v) is 6.71. The molecule has 4 heteroatoms. The summed E-state index contributed by atoms with van der Waals surface area (Å²) in [5.74, 6) is 0. The van der Waals surface area contributed by atoms with Gasteiger partial charge in [0.25, 0.3) is 0 Å². The summed E-state index contributed by atoms with van der Waals surface area (Å²) >= 11 is 3.46. The van der Waals surface area contributed by atoms with Gasteiger partial charge in [-0.2, -0.15) is 5.10 Å². The summed E-state index contributed by atoms with van der Waals surface area (Å²) in [6.07, 6.45) is 6.45. The first kappa shape index (κ1) is 12.1. The number of aromatic nitrogens is 2. The van der Waals surface area contributed by atoms with E-state index in [1.54, 1.807) is 0 Å².